The Kier molecular flexibility index (Phi) is 6.26. The van der Waals surface area contributed by atoms with Crippen molar-refractivity contribution in [1.82, 2.24) is 20.2 Å². The number of pyridine rings is 1. The van der Waals surface area contributed by atoms with Crippen molar-refractivity contribution in [3.05, 3.63) is 48.8 Å². The van der Waals surface area contributed by atoms with Gasteiger partial charge in [-0.15, -0.1) is 0 Å². The molecule has 2 fully saturated rings. The fourth-order valence-electron chi connectivity index (χ4n) is 4.34. The number of aromatic nitrogens is 2. The summed E-state index contributed by atoms with van der Waals surface area (Å²) >= 11 is 0. The molecule has 0 bridgehead atoms. The van der Waals surface area contributed by atoms with Gasteiger partial charge in [-0.3, -0.25) is 9.36 Å². The molecule has 3 amide bonds. The number of ether oxygens (including phenoxy) is 1. The molecule has 0 unspecified atom stereocenters. The third-order valence-corrected chi connectivity index (χ3v) is 6.78. The maximum Gasteiger partial charge on any atom is 0.407 e. The van der Waals surface area contributed by atoms with Gasteiger partial charge in [-0.25, -0.2) is 14.6 Å². The number of hydrogen-bond acceptors (Lipinski definition) is 6. The smallest absolute Gasteiger partial charge is 0.407 e. The highest BCUT2D eigenvalue weighted by Gasteiger charge is 2.46. The first-order valence-corrected chi connectivity index (χ1v) is 12.2. The fraction of sp³-hybridized carbons (Fsp3) is 0.385. The molecule has 5 rings (SSSR count). The lowest BCUT2D eigenvalue weighted by Crippen LogP contribution is -2.31. The van der Waals surface area contributed by atoms with Gasteiger partial charge in [0.1, 0.15) is 11.4 Å². The SMILES string of the molecule is CNC(=O)OC1(CCN(c2ccnc(NC(=O)C3CC3)c2)c2ccc3c(ccn3C(=O)NC)c2)CC1. The van der Waals surface area contributed by atoms with Crippen LogP contribution in [0.5, 0.6) is 0 Å². The maximum atomic E-state index is 12.3. The Morgan fingerprint density at radius 3 is 2.56 bits per heavy atom. The minimum Gasteiger partial charge on any atom is -0.443 e. The first-order chi connectivity index (χ1) is 17.4. The summed E-state index contributed by atoms with van der Waals surface area (Å²) in [5.74, 6) is 0.581. The van der Waals surface area contributed by atoms with Crippen molar-refractivity contribution in [3.63, 3.8) is 0 Å². The van der Waals surface area contributed by atoms with E-state index in [0.29, 0.717) is 18.8 Å². The van der Waals surface area contributed by atoms with E-state index in [1.54, 1.807) is 31.1 Å². The van der Waals surface area contributed by atoms with Crippen molar-refractivity contribution >= 4 is 46.1 Å². The van der Waals surface area contributed by atoms with E-state index in [1.165, 1.54) is 0 Å². The number of rotatable bonds is 8. The molecule has 3 N–H and O–H groups in total. The van der Waals surface area contributed by atoms with E-state index in [1.807, 2.05) is 36.4 Å². The van der Waals surface area contributed by atoms with Gasteiger partial charge in [0.25, 0.3) is 0 Å². The Morgan fingerprint density at radius 1 is 1.08 bits per heavy atom. The van der Waals surface area contributed by atoms with Crippen LogP contribution in [0.15, 0.2) is 48.8 Å². The summed E-state index contributed by atoms with van der Waals surface area (Å²) in [6.45, 7) is 0.582. The number of hydrogen-bond donors (Lipinski definition) is 3. The van der Waals surface area contributed by atoms with E-state index in [4.69, 9.17) is 4.74 Å². The molecule has 0 saturated heterocycles. The first-order valence-electron chi connectivity index (χ1n) is 12.2. The van der Waals surface area contributed by atoms with Crippen LogP contribution in [0, 0.1) is 5.92 Å². The zero-order valence-corrected chi connectivity index (χ0v) is 20.4. The first kappa shape index (κ1) is 23.7. The molecule has 2 aromatic heterocycles. The lowest BCUT2D eigenvalue weighted by atomic mass is 10.1. The van der Waals surface area contributed by atoms with E-state index in [2.05, 4.69) is 25.8 Å². The molecule has 2 aliphatic carbocycles. The molecule has 10 heteroatoms. The van der Waals surface area contributed by atoms with Crippen molar-refractivity contribution in [2.24, 2.45) is 5.92 Å². The van der Waals surface area contributed by atoms with E-state index in [9.17, 15) is 14.4 Å². The Balaban J connectivity index is 1.45. The second-order valence-corrected chi connectivity index (χ2v) is 9.37. The molecule has 2 heterocycles. The van der Waals surface area contributed by atoms with E-state index < -0.39 is 11.7 Å². The number of carbonyl (C=O) groups is 3. The summed E-state index contributed by atoms with van der Waals surface area (Å²) in [4.78, 5) is 42.8. The molecule has 0 aliphatic heterocycles. The molecular formula is C26H30N6O4. The summed E-state index contributed by atoms with van der Waals surface area (Å²) in [5.41, 5.74) is 2.10. The van der Waals surface area contributed by atoms with E-state index in [0.717, 1.165) is 48.0 Å². The van der Waals surface area contributed by atoms with Crippen molar-refractivity contribution in [3.8, 4) is 0 Å². The van der Waals surface area contributed by atoms with Crippen molar-refractivity contribution < 1.29 is 19.1 Å². The predicted octanol–water partition coefficient (Wildman–Crippen LogP) is 3.99. The number of fused-ring (bicyclic) bond motifs is 1. The average Bonchev–Trinajstić information content (AvgIpc) is 3.82. The van der Waals surface area contributed by atoms with Crippen LogP contribution in [0.25, 0.3) is 10.9 Å². The molecule has 188 valence electrons. The van der Waals surface area contributed by atoms with Gasteiger partial charge in [0, 0.05) is 68.2 Å². The molecule has 2 saturated carbocycles. The van der Waals surface area contributed by atoms with Crippen LogP contribution in [0.2, 0.25) is 0 Å². The highest BCUT2D eigenvalue weighted by atomic mass is 16.6. The quantitative estimate of drug-likeness (QED) is 0.440. The minimum atomic E-state index is -0.471. The zero-order chi connectivity index (χ0) is 25.3. The van der Waals surface area contributed by atoms with Crippen molar-refractivity contribution in [2.45, 2.75) is 37.7 Å². The van der Waals surface area contributed by atoms with Gasteiger partial charge in [0.2, 0.25) is 5.91 Å². The summed E-state index contributed by atoms with van der Waals surface area (Å²) in [6, 6.07) is 11.3. The monoisotopic (exact) mass is 490 g/mol. The Labute approximate surface area is 209 Å². The van der Waals surface area contributed by atoms with Crippen LogP contribution < -0.4 is 20.9 Å². The number of nitrogens with zero attached hydrogens (tertiary/aromatic N) is 3. The molecule has 0 atom stereocenters. The van der Waals surface area contributed by atoms with E-state index in [-0.39, 0.29) is 17.9 Å². The Hall–Kier alpha value is -4.08. The van der Waals surface area contributed by atoms with E-state index >= 15 is 0 Å². The van der Waals surface area contributed by atoms with Crippen LogP contribution in [-0.2, 0) is 9.53 Å². The zero-order valence-electron chi connectivity index (χ0n) is 20.4. The highest BCUT2D eigenvalue weighted by Crippen LogP contribution is 2.44. The van der Waals surface area contributed by atoms with Gasteiger partial charge < -0.3 is 25.6 Å². The third-order valence-electron chi connectivity index (χ3n) is 6.78. The number of carbonyl (C=O) groups excluding carboxylic acids is 3. The minimum absolute atomic E-state index is 0.000860. The van der Waals surface area contributed by atoms with Gasteiger partial charge in [-0.1, -0.05) is 0 Å². The van der Waals surface area contributed by atoms with Gasteiger partial charge in [-0.2, -0.15) is 0 Å². The molecule has 10 nitrogen and oxygen atoms in total. The maximum absolute atomic E-state index is 12.3. The second kappa shape index (κ2) is 9.52. The second-order valence-electron chi connectivity index (χ2n) is 9.37. The fourth-order valence-corrected chi connectivity index (χ4v) is 4.34. The summed E-state index contributed by atoms with van der Waals surface area (Å²) < 4.78 is 7.22. The van der Waals surface area contributed by atoms with Crippen LogP contribution >= 0.6 is 0 Å². The largest absolute Gasteiger partial charge is 0.443 e. The van der Waals surface area contributed by atoms with Crippen LogP contribution in [0.1, 0.15) is 32.1 Å². The lowest BCUT2D eigenvalue weighted by Gasteiger charge is -2.28. The number of nitrogens with one attached hydrogen (secondary N) is 3. The molecule has 1 aromatic carbocycles. The molecule has 3 aromatic rings. The molecule has 2 aliphatic rings. The molecular weight excluding hydrogens is 460 g/mol. The number of benzene rings is 1. The average molecular weight is 491 g/mol. The van der Waals surface area contributed by atoms with Gasteiger partial charge >= 0.3 is 12.1 Å². The Morgan fingerprint density at radius 2 is 1.86 bits per heavy atom. The molecule has 0 radical (unpaired) electrons. The van der Waals surface area contributed by atoms with Gasteiger partial charge in [0.15, 0.2) is 0 Å². The van der Waals surface area contributed by atoms with Gasteiger partial charge in [-0.05, 0) is 56.0 Å². The topological polar surface area (TPSA) is 118 Å². The molecule has 0 spiro atoms. The normalized spacial score (nSPS) is 15.7. The van der Waals surface area contributed by atoms with Crippen LogP contribution in [0.4, 0.5) is 26.8 Å². The molecule has 36 heavy (non-hydrogen) atoms. The van der Waals surface area contributed by atoms with Gasteiger partial charge in [0.05, 0.1) is 5.52 Å². The predicted molar refractivity (Wildman–Crippen MR) is 137 cm³/mol. The summed E-state index contributed by atoms with van der Waals surface area (Å²) in [5, 5.41) is 9.01. The Bertz CT molecular complexity index is 1310. The number of amides is 3. The van der Waals surface area contributed by atoms with Crippen LogP contribution in [0.3, 0.4) is 0 Å². The highest BCUT2D eigenvalue weighted by molar-refractivity contribution is 5.95. The number of alkyl carbamates (subject to hydrolysis) is 1. The number of anilines is 3. The van der Waals surface area contributed by atoms with Crippen molar-refractivity contribution in [2.75, 3.05) is 30.9 Å². The summed E-state index contributed by atoms with van der Waals surface area (Å²) in [7, 11) is 3.15. The third kappa shape index (κ3) is 4.98. The van der Waals surface area contributed by atoms with Crippen LogP contribution in [-0.4, -0.2) is 53.8 Å². The summed E-state index contributed by atoms with van der Waals surface area (Å²) in [6.07, 6.45) is 7.12. The van der Waals surface area contributed by atoms with Crippen molar-refractivity contribution in [1.29, 1.82) is 0 Å². The standard InChI is InChI=1S/C26H30N6O4/c1-27-24(34)32-13-8-18-15-19(5-6-21(18)32)31(14-11-26(9-10-26)36-25(35)28-2)20-7-12-29-22(16-20)30-23(33)17-3-4-17/h5-8,12-13,15-17H,3-4,9-11,14H2,1-2H3,(H,27,34)(H,28,35)(H,29,30,33). The lowest BCUT2D eigenvalue weighted by molar-refractivity contribution is -0.117.